The van der Waals surface area contributed by atoms with Crippen molar-refractivity contribution >= 4 is 23.3 Å². The first-order valence-corrected chi connectivity index (χ1v) is 7.95. The van der Waals surface area contributed by atoms with Crippen molar-refractivity contribution in [3.05, 3.63) is 66.0 Å². The van der Waals surface area contributed by atoms with E-state index in [0.29, 0.717) is 16.9 Å². The van der Waals surface area contributed by atoms with Gasteiger partial charge in [0.2, 0.25) is 0 Å². The quantitative estimate of drug-likeness (QED) is 0.521. The van der Waals surface area contributed by atoms with E-state index in [1.54, 1.807) is 48.5 Å². The van der Waals surface area contributed by atoms with Gasteiger partial charge in [0.05, 0.1) is 16.9 Å². The molecule has 9 heteroatoms. The third kappa shape index (κ3) is 4.40. The van der Waals surface area contributed by atoms with Crippen LogP contribution in [0.5, 0.6) is 0 Å². The van der Waals surface area contributed by atoms with E-state index >= 15 is 0 Å². The van der Waals surface area contributed by atoms with E-state index in [9.17, 15) is 14.4 Å². The van der Waals surface area contributed by atoms with Crippen LogP contribution in [0.1, 0.15) is 27.6 Å². The number of ether oxygens (including phenoxy) is 1. The molecule has 0 bridgehead atoms. The van der Waals surface area contributed by atoms with E-state index < -0.39 is 18.5 Å². The molecule has 0 spiro atoms. The van der Waals surface area contributed by atoms with Crippen molar-refractivity contribution in [2.45, 2.75) is 6.92 Å². The summed E-state index contributed by atoms with van der Waals surface area (Å²) in [5, 5.41) is 13.4. The highest BCUT2D eigenvalue weighted by molar-refractivity contribution is 6.04. The lowest BCUT2D eigenvalue weighted by Gasteiger charge is -2.10. The van der Waals surface area contributed by atoms with E-state index in [-0.39, 0.29) is 11.3 Å². The summed E-state index contributed by atoms with van der Waals surface area (Å²) in [7, 11) is 0. The molecular weight excluding hydrogens is 350 g/mol. The maximum Gasteiger partial charge on any atom is 0.338 e. The maximum absolute atomic E-state index is 12.2. The molecule has 1 N–H and O–H groups in total. The molecule has 0 unspecified atom stereocenters. The zero-order chi connectivity index (χ0) is 19.2. The van der Waals surface area contributed by atoms with Crippen LogP contribution >= 0.6 is 0 Å². The van der Waals surface area contributed by atoms with Gasteiger partial charge in [0.25, 0.3) is 5.91 Å². The van der Waals surface area contributed by atoms with Crippen LogP contribution in [-0.4, -0.2) is 44.5 Å². The first-order chi connectivity index (χ1) is 13.0. The summed E-state index contributed by atoms with van der Waals surface area (Å²) in [4.78, 5) is 35.8. The second-order valence-corrected chi connectivity index (χ2v) is 5.53. The average molecular weight is 365 g/mol. The van der Waals surface area contributed by atoms with Crippen LogP contribution in [0.4, 0.5) is 5.69 Å². The Morgan fingerprint density at radius 2 is 1.93 bits per heavy atom. The van der Waals surface area contributed by atoms with Gasteiger partial charge in [-0.2, -0.15) is 0 Å². The molecule has 0 aliphatic carbocycles. The van der Waals surface area contributed by atoms with E-state index in [1.165, 1.54) is 17.9 Å². The van der Waals surface area contributed by atoms with Crippen molar-refractivity contribution in [1.82, 2.24) is 20.2 Å². The van der Waals surface area contributed by atoms with Crippen molar-refractivity contribution in [3.63, 3.8) is 0 Å². The number of anilines is 1. The lowest BCUT2D eigenvalue weighted by molar-refractivity contribution is -0.119. The molecule has 0 fully saturated rings. The second-order valence-electron chi connectivity index (χ2n) is 5.53. The number of hydrogen-bond donors (Lipinski definition) is 1. The number of hydrogen-bond acceptors (Lipinski definition) is 7. The van der Waals surface area contributed by atoms with Gasteiger partial charge in [-0.25, -0.2) is 9.48 Å². The zero-order valence-corrected chi connectivity index (χ0v) is 14.3. The molecule has 0 saturated heterocycles. The Kier molecular flexibility index (Phi) is 5.31. The minimum Gasteiger partial charge on any atom is -0.452 e. The largest absolute Gasteiger partial charge is 0.452 e. The number of ketones is 1. The number of esters is 1. The van der Waals surface area contributed by atoms with E-state index in [0.717, 1.165) is 0 Å². The number of rotatable bonds is 6. The summed E-state index contributed by atoms with van der Waals surface area (Å²) in [6.45, 7) is 0.919. The predicted molar refractivity (Wildman–Crippen MR) is 94.5 cm³/mol. The lowest BCUT2D eigenvalue weighted by Crippen LogP contribution is -2.22. The summed E-state index contributed by atoms with van der Waals surface area (Å²) in [5.74, 6) is -1.39. The topological polar surface area (TPSA) is 116 Å². The Morgan fingerprint density at radius 3 is 2.67 bits per heavy atom. The number of para-hydroxylation sites is 1. The fourth-order valence-corrected chi connectivity index (χ4v) is 2.35. The highest BCUT2D eigenvalue weighted by Crippen LogP contribution is 2.15. The van der Waals surface area contributed by atoms with Crippen LogP contribution in [0.2, 0.25) is 0 Å². The van der Waals surface area contributed by atoms with Crippen molar-refractivity contribution < 1.29 is 19.1 Å². The summed E-state index contributed by atoms with van der Waals surface area (Å²) in [6.07, 6.45) is 1.39. The van der Waals surface area contributed by atoms with Gasteiger partial charge in [-0.05, 0) is 47.7 Å². The molecule has 3 rings (SSSR count). The third-order valence-corrected chi connectivity index (χ3v) is 3.61. The predicted octanol–water partition coefficient (Wildman–Crippen LogP) is 1.66. The molecule has 1 amide bonds. The summed E-state index contributed by atoms with van der Waals surface area (Å²) < 4.78 is 6.43. The maximum atomic E-state index is 12.2. The number of tetrazole rings is 1. The van der Waals surface area contributed by atoms with E-state index in [1.807, 2.05) is 0 Å². The Bertz CT molecular complexity index is 985. The lowest BCUT2D eigenvalue weighted by atomic mass is 10.1. The number of carbonyl (C=O) groups is 3. The van der Waals surface area contributed by atoms with Crippen LogP contribution < -0.4 is 5.32 Å². The highest BCUT2D eigenvalue weighted by Gasteiger charge is 2.13. The summed E-state index contributed by atoms with van der Waals surface area (Å²) >= 11 is 0. The number of amides is 1. The number of Topliss-reactive ketones (excluding diaryl/α,β-unsaturated/α-hetero) is 1. The first kappa shape index (κ1) is 17.9. The van der Waals surface area contributed by atoms with Gasteiger partial charge in [0.15, 0.2) is 12.4 Å². The fourth-order valence-electron chi connectivity index (χ4n) is 2.35. The first-order valence-electron chi connectivity index (χ1n) is 7.95. The minimum absolute atomic E-state index is 0.178. The van der Waals surface area contributed by atoms with Gasteiger partial charge in [0, 0.05) is 5.56 Å². The standard InChI is InChI=1S/C18H15N5O4/c1-12(24)15-7-2-3-8-16(15)20-17(25)10-27-18(26)13-5-4-6-14(9-13)23-11-19-21-22-23/h2-9,11H,10H2,1H3,(H,20,25). The number of nitrogens with one attached hydrogen (secondary N) is 1. The van der Waals surface area contributed by atoms with E-state index in [4.69, 9.17) is 4.74 Å². The van der Waals surface area contributed by atoms with Crippen molar-refractivity contribution in [2.24, 2.45) is 0 Å². The van der Waals surface area contributed by atoms with Crippen LogP contribution in [0.15, 0.2) is 54.9 Å². The molecule has 0 saturated carbocycles. The molecule has 27 heavy (non-hydrogen) atoms. The molecule has 0 atom stereocenters. The van der Waals surface area contributed by atoms with Gasteiger partial charge in [-0.1, -0.05) is 18.2 Å². The molecule has 136 valence electrons. The van der Waals surface area contributed by atoms with Crippen molar-refractivity contribution in [1.29, 1.82) is 0 Å². The molecule has 1 aromatic heterocycles. The van der Waals surface area contributed by atoms with Crippen LogP contribution in [-0.2, 0) is 9.53 Å². The number of benzene rings is 2. The smallest absolute Gasteiger partial charge is 0.338 e. The van der Waals surface area contributed by atoms with Gasteiger partial charge >= 0.3 is 5.97 Å². The summed E-state index contributed by atoms with van der Waals surface area (Å²) in [6, 6.07) is 13.1. The SMILES string of the molecule is CC(=O)c1ccccc1NC(=O)COC(=O)c1cccc(-n2cnnn2)c1. The van der Waals surface area contributed by atoms with Gasteiger partial charge in [0.1, 0.15) is 6.33 Å². The second kappa shape index (κ2) is 8.00. The Hall–Kier alpha value is -3.88. The zero-order valence-electron chi connectivity index (χ0n) is 14.3. The molecule has 1 heterocycles. The number of aromatic nitrogens is 4. The fraction of sp³-hybridized carbons (Fsp3) is 0.111. The van der Waals surface area contributed by atoms with Crippen LogP contribution in [0, 0.1) is 0 Å². The average Bonchev–Trinajstić information content (AvgIpc) is 3.21. The van der Waals surface area contributed by atoms with Gasteiger partial charge < -0.3 is 10.1 Å². The van der Waals surface area contributed by atoms with Crippen LogP contribution in [0.3, 0.4) is 0 Å². The van der Waals surface area contributed by atoms with Crippen LogP contribution in [0.25, 0.3) is 5.69 Å². The monoisotopic (exact) mass is 365 g/mol. The Balaban J connectivity index is 1.62. The molecule has 0 aliphatic heterocycles. The minimum atomic E-state index is -0.667. The molecule has 3 aromatic rings. The molecule has 0 aliphatic rings. The van der Waals surface area contributed by atoms with Crippen molar-refractivity contribution in [2.75, 3.05) is 11.9 Å². The van der Waals surface area contributed by atoms with Crippen molar-refractivity contribution in [3.8, 4) is 5.69 Å². The molecular formula is C18H15N5O4. The van der Waals surface area contributed by atoms with E-state index in [2.05, 4.69) is 20.8 Å². The van der Waals surface area contributed by atoms with Gasteiger partial charge in [-0.3, -0.25) is 9.59 Å². The summed E-state index contributed by atoms with van der Waals surface area (Å²) in [5.41, 5.74) is 1.58. The normalized spacial score (nSPS) is 10.3. The number of nitrogens with zero attached hydrogens (tertiary/aromatic N) is 4. The third-order valence-electron chi connectivity index (χ3n) is 3.61. The highest BCUT2D eigenvalue weighted by atomic mass is 16.5. The van der Waals surface area contributed by atoms with Gasteiger partial charge in [-0.15, -0.1) is 5.10 Å². The Labute approximate surface area is 154 Å². The Morgan fingerprint density at radius 1 is 1.11 bits per heavy atom. The molecule has 9 nitrogen and oxygen atoms in total. The number of carbonyl (C=O) groups excluding carboxylic acids is 3. The molecule has 2 aromatic carbocycles. The molecule has 0 radical (unpaired) electrons.